The summed E-state index contributed by atoms with van der Waals surface area (Å²) in [4.78, 5) is 18.6. The Labute approximate surface area is 153 Å². The van der Waals surface area contributed by atoms with Crippen LogP contribution in [0.15, 0.2) is 34.0 Å². The summed E-state index contributed by atoms with van der Waals surface area (Å²) in [6.07, 6.45) is -2.97. The topological polar surface area (TPSA) is 63.6 Å². The second kappa shape index (κ2) is 6.95. The van der Waals surface area contributed by atoms with E-state index in [-0.39, 0.29) is 33.5 Å². The number of aryl methyl sites for hydroxylation is 1. The van der Waals surface area contributed by atoms with Gasteiger partial charge >= 0.3 is 5.51 Å². The van der Waals surface area contributed by atoms with Crippen molar-refractivity contribution in [1.29, 1.82) is 0 Å². The number of aromatic nitrogens is 4. The van der Waals surface area contributed by atoms with E-state index in [9.17, 15) is 26.7 Å². The largest absolute Gasteiger partial charge is 0.446 e. The van der Waals surface area contributed by atoms with Crippen molar-refractivity contribution in [1.82, 2.24) is 19.7 Å². The number of halogens is 5. The lowest BCUT2D eigenvalue weighted by atomic mass is 10.1. The Morgan fingerprint density at radius 3 is 2.37 bits per heavy atom. The van der Waals surface area contributed by atoms with Crippen molar-refractivity contribution in [2.75, 3.05) is 0 Å². The Balaban J connectivity index is 2.06. The van der Waals surface area contributed by atoms with Crippen LogP contribution >= 0.6 is 11.8 Å². The third-order valence-corrected chi connectivity index (χ3v) is 4.62. The van der Waals surface area contributed by atoms with Gasteiger partial charge in [-0.15, -0.1) is 0 Å². The van der Waals surface area contributed by atoms with Crippen molar-refractivity contribution in [2.24, 2.45) is 0 Å². The molecule has 1 atom stereocenters. The van der Waals surface area contributed by atoms with E-state index in [2.05, 4.69) is 15.1 Å². The van der Waals surface area contributed by atoms with Gasteiger partial charge in [-0.1, -0.05) is 12.1 Å². The van der Waals surface area contributed by atoms with E-state index in [4.69, 9.17) is 0 Å². The maximum Gasteiger partial charge on any atom is 0.446 e. The van der Waals surface area contributed by atoms with Gasteiger partial charge in [-0.2, -0.15) is 18.3 Å². The van der Waals surface area contributed by atoms with Crippen LogP contribution in [0.2, 0.25) is 0 Å². The fraction of sp³-hybridized carbons (Fsp3) is 0.312. The van der Waals surface area contributed by atoms with Gasteiger partial charge in [0.1, 0.15) is 16.9 Å². The molecule has 0 radical (unpaired) electrons. The quantitative estimate of drug-likeness (QED) is 0.511. The highest BCUT2D eigenvalue weighted by atomic mass is 32.2. The van der Waals surface area contributed by atoms with Crippen LogP contribution in [0.5, 0.6) is 0 Å². The number of hydrogen-bond acceptors (Lipinski definition) is 4. The zero-order valence-electron chi connectivity index (χ0n) is 14.0. The van der Waals surface area contributed by atoms with Gasteiger partial charge in [-0.25, -0.2) is 18.4 Å². The molecule has 0 aliphatic heterocycles. The molecule has 0 spiro atoms. The van der Waals surface area contributed by atoms with Gasteiger partial charge in [0.2, 0.25) is 0 Å². The summed E-state index contributed by atoms with van der Waals surface area (Å²) < 4.78 is 65.1. The number of rotatable bonds is 4. The number of alkyl halides is 5. The molecule has 0 bridgehead atoms. The van der Waals surface area contributed by atoms with Gasteiger partial charge in [0.25, 0.3) is 12.0 Å². The number of benzene rings is 1. The van der Waals surface area contributed by atoms with E-state index >= 15 is 0 Å². The summed E-state index contributed by atoms with van der Waals surface area (Å²) >= 11 is -0.248. The zero-order chi connectivity index (χ0) is 19.9. The number of nitrogens with one attached hydrogen (secondary N) is 1. The molecule has 0 fully saturated rings. The Hall–Kier alpha value is -2.43. The minimum absolute atomic E-state index is 0.00227. The number of thioether (sulfide) groups is 1. The molecule has 5 nitrogen and oxygen atoms in total. The predicted molar refractivity (Wildman–Crippen MR) is 90.0 cm³/mol. The molecule has 0 aliphatic rings. The van der Waals surface area contributed by atoms with Gasteiger partial charge in [-0.05, 0) is 43.3 Å². The number of nitrogens with zero attached hydrogens (tertiary/aromatic N) is 3. The maximum absolute atomic E-state index is 13.3. The van der Waals surface area contributed by atoms with Gasteiger partial charge in [0.05, 0.1) is 6.04 Å². The van der Waals surface area contributed by atoms with E-state index < -0.39 is 29.2 Å². The van der Waals surface area contributed by atoms with Crippen LogP contribution in [-0.4, -0.2) is 25.3 Å². The molecular weight excluding hydrogens is 391 g/mol. The van der Waals surface area contributed by atoms with E-state index in [1.54, 1.807) is 6.92 Å². The van der Waals surface area contributed by atoms with E-state index in [0.717, 1.165) is 0 Å². The van der Waals surface area contributed by atoms with Crippen LogP contribution < -0.4 is 5.56 Å². The summed E-state index contributed by atoms with van der Waals surface area (Å²) in [5.41, 5.74) is -5.28. The van der Waals surface area contributed by atoms with Crippen LogP contribution in [0.25, 0.3) is 11.0 Å². The molecule has 0 saturated heterocycles. The molecule has 3 rings (SSSR count). The van der Waals surface area contributed by atoms with Gasteiger partial charge in [0, 0.05) is 4.90 Å². The number of aromatic amines is 1. The van der Waals surface area contributed by atoms with Crippen LogP contribution in [-0.2, 0) is 0 Å². The summed E-state index contributed by atoms with van der Waals surface area (Å²) in [6, 6.07) is 4.85. The molecule has 0 unspecified atom stereocenters. The highest BCUT2D eigenvalue weighted by Crippen LogP contribution is 2.37. The van der Waals surface area contributed by atoms with Crippen LogP contribution in [0.4, 0.5) is 22.0 Å². The Morgan fingerprint density at radius 1 is 1.19 bits per heavy atom. The van der Waals surface area contributed by atoms with Crippen molar-refractivity contribution in [3.8, 4) is 0 Å². The molecule has 2 aromatic heterocycles. The number of fused-ring (bicyclic) bond motifs is 1. The molecule has 3 aromatic rings. The summed E-state index contributed by atoms with van der Waals surface area (Å²) in [6.45, 7) is 3.14. The Bertz CT molecular complexity index is 1030. The minimum atomic E-state index is -4.40. The smallest absolute Gasteiger partial charge is 0.310 e. The molecule has 0 amide bonds. The average Bonchev–Trinajstić information content (AvgIpc) is 2.93. The molecule has 2 heterocycles. The summed E-state index contributed by atoms with van der Waals surface area (Å²) in [7, 11) is 0. The first-order chi connectivity index (χ1) is 12.6. The lowest BCUT2D eigenvalue weighted by molar-refractivity contribution is -0.0328. The molecule has 27 heavy (non-hydrogen) atoms. The van der Waals surface area contributed by atoms with Crippen LogP contribution in [0.1, 0.15) is 36.5 Å². The molecule has 144 valence electrons. The highest BCUT2D eigenvalue weighted by molar-refractivity contribution is 8.00. The first kappa shape index (κ1) is 19.3. The van der Waals surface area contributed by atoms with Gasteiger partial charge < -0.3 is 4.98 Å². The van der Waals surface area contributed by atoms with Crippen molar-refractivity contribution in [3.05, 3.63) is 51.7 Å². The zero-order valence-corrected chi connectivity index (χ0v) is 14.8. The molecule has 0 saturated carbocycles. The first-order valence-electron chi connectivity index (χ1n) is 7.69. The molecule has 11 heteroatoms. The molecule has 1 N–H and O–H groups in total. The Morgan fingerprint density at radius 2 is 1.81 bits per heavy atom. The standard InChI is InChI=1S/C16H13F5N4OS/c1-7(9-3-5-10(6-4-9)27-16(19,20)21)25-14-11(12(24-25)13(17)18)15(26)23-8(2)22-14/h3-7,13H,1-2H3,(H,22,23,26)/t7-/m0/s1. The third kappa shape index (κ3) is 3.97. The summed E-state index contributed by atoms with van der Waals surface area (Å²) in [5.74, 6) is 0.235. The number of hydrogen-bond donors (Lipinski definition) is 1. The van der Waals surface area contributed by atoms with E-state index in [1.165, 1.54) is 35.9 Å². The molecular formula is C16H13F5N4OS. The predicted octanol–water partition coefficient (Wildman–Crippen LogP) is 4.59. The second-order valence-corrected chi connectivity index (χ2v) is 6.91. The van der Waals surface area contributed by atoms with Gasteiger partial charge in [-0.3, -0.25) is 4.79 Å². The minimum Gasteiger partial charge on any atom is -0.310 e. The van der Waals surface area contributed by atoms with Gasteiger partial charge in [0.15, 0.2) is 5.65 Å². The fourth-order valence-electron chi connectivity index (χ4n) is 2.69. The second-order valence-electron chi connectivity index (χ2n) is 5.77. The highest BCUT2D eigenvalue weighted by Gasteiger charge is 2.29. The lowest BCUT2D eigenvalue weighted by Crippen LogP contribution is -2.13. The van der Waals surface area contributed by atoms with E-state index in [0.29, 0.717) is 5.56 Å². The maximum atomic E-state index is 13.3. The normalized spacial score (nSPS) is 13.5. The number of H-pyrrole nitrogens is 1. The average molecular weight is 404 g/mol. The monoisotopic (exact) mass is 404 g/mol. The van der Waals surface area contributed by atoms with Crippen LogP contribution in [0, 0.1) is 6.92 Å². The Kier molecular flexibility index (Phi) is 4.98. The van der Waals surface area contributed by atoms with E-state index in [1.807, 2.05) is 0 Å². The third-order valence-electron chi connectivity index (χ3n) is 3.88. The molecule has 1 aromatic carbocycles. The fourth-order valence-corrected chi connectivity index (χ4v) is 3.23. The van der Waals surface area contributed by atoms with Crippen molar-refractivity contribution in [2.45, 2.75) is 36.7 Å². The van der Waals surface area contributed by atoms with Crippen molar-refractivity contribution < 1.29 is 22.0 Å². The lowest BCUT2D eigenvalue weighted by Gasteiger charge is -2.14. The molecule has 0 aliphatic carbocycles. The first-order valence-corrected chi connectivity index (χ1v) is 8.51. The summed E-state index contributed by atoms with van der Waals surface area (Å²) in [5, 5.41) is 3.55. The van der Waals surface area contributed by atoms with Crippen LogP contribution in [0.3, 0.4) is 0 Å². The van der Waals surface area contributed by atoms with Crippen molar-refractivity contribution in [3.63, 3.8) is 0 Å². The SMILES string of the molecule is Cc1nc2c(c(C(F)F)nn2[C@@H](C)c2ccc(SC(F)(F)F)cc2)c(=O)[nH]1. The van der Waals surface area contributed by atoms with Crippen molar-refractivity contribution >= 4 is 22.8 Å².